The topological polar surface area (TPSA) is 0 Å². The number of thiol groups is 1. The van der Waals surface area contributed by atoms with Crippen molar-refractivity contribution in [3.63, 3.8) is 0 Å². The molecule has 0 fully saturated rings. The standard InChI is InChI=1S/C8H4FIS2/c9-7-6-4(11)2-1-3-5(6)12-8(7)10/h1-3,11H. The van der Waals surface area contributed by atoms with Crippen LogP contribution in [0, 0.1) is 8.70 Å². The van der Waals surface area contributed by atoms with Gasteiger partial charge in [0.2, 0.25) is 0 Å². The number of fused-ring (bicyclic) bond motifs is 1. The minimum atomic E-state index is -0.138. The molecule has 2 aromatic rings. The number of hydrogen-bond acceptors (Lipinski definition) is 2. The van der Waals surface area contributed by atoms with Gasteiger partial charge in [-0.2, -0.15) is 0 Å². The zero-order valence-electron chi connectivity index (χ0n) is 5.84. The van der Waals surface area contributed by atoms with Crippen LogP contribution >= 0.6 is 46.6 Å². The lowest BCUT2D eigenvalue weighted by molar-refractivity contribution is 0.636. The fourth-order valence-corrected chi connectivity index (χ4v) is 3.26. The first kappa shape index (κ1) is 8.77. The molecule has 4 heteroatoms. The van der Waals surface area contributed by atoms with Crippen molar-refractivity contribution in [2.45, 2.75) is 4.90 Å². The summed E-state index contributed by atoms with van der Waals surface area (Å²) in [7, 11) is 0. The Bertz CT molecular complexity index is 436. The van der Waals surface area contributed by atoms with E-state index in [0.717, 1.165) is 4.70 Å². The minimum Gasteiger partial charge on any atom is -0.204 e. The highest BCUT2D eigenvalue weighted by Crippen LogP contribution is 2.34. The third-order valence-electron chi connectivity index (χ3n) is 1.60. The SMILES string of the molecule is Fc1c(I)sc2cccc(S)c12. The van der Waals surface area contributed by atoms with Gasteiger partial charge in [-0.15, -0.1) is 24.0 Å². The molecule has 0 aliphatic carbocycles. The summed E-state index contributed by atoms with van der Waals surface area (Å²) >= 11 is 7.66. The molecule has 0 amide bonds. The van der Waals surface area contributed by atoms with Crippen LogP contribution in [0.1, 0.15) is 0 Å². The second-order valence-corrected chi connectivity index (χ2v) is 5.68. The molecule has 0 saturated heterocycles. The molecule has 0 aliphatic heterocycles. The number of rotatable bonds is 0. The summed E-state index contributed by atoms with van der Waals surface area (Å²) in [5.74, 6) is -0.138. The van der Waals surface area contributed by atoms with Crippen LogP contribution in [-0.4, -0.2) is 0 Å². The predicted molar refractivity (Wildman–Crippen MR) is 61.8 cm³/mol. The summed E-state index contributed by atoms with van der Waals surface area (Å²) in [6.07, 6.45) is 0. The maximum atomic E-state index is 13.4. The number of benzene rings is 1. The van der Waals surface area contributed by atoms with Crippen LogP contribution in [0.4, 0.5) is 4.39 Å². The van der Waals surface area contributed by atoms with E-state index in [9.17, 15) is 4.39 Å². The lowest BCUT2D eigenvalue weighted by Crippen LogP contribution is -1.73. The Morgan fingerprint density at radius 2 is 2.17 bits per heavy atom. The molecule has 1 heterocycles. The molecule has 62 valence electrons. The van der Waals surface area contributed by atoms with Gasteiger partial charge in [0.05, 0.1) is 0 Å². The summed E-state index contributed by atoms with van der Waals surface area (Å²) in [5.41, 5.74) is 0. The van der Waals surface area contributed by atoms with Crippen molar-refractivity contribution in [1.29, 1.82) is 0 Å². The van der Waals surface area contributed by atoms with E-state index in [1.54, 1.807) is 6.07 Å². The van der Waals surface area contributed by atoms with Gasteiger partial charge in [0.15, 0.2) is 5.82 Å². The smallest absolute Gasteiger partial charge is 0.156 e. The van der Waals surface area contributed by atoms with Crippen LogP contribution in [0.15, 0.2) is 23.1 Å². The Morgan fingerprint density at radius 3 is 2.83 bits per heavy atom. The van der Waals surface area contributed by atoms with Gasteiger partial charge < -0.3 is 0 Å². The van der Waals surface area contributed by atoms with Gasteiger partial charge in [0, 0.05) is 15.0 Å². The molecule has 1 aromatic carbocycles. The van der Waals surface area contributed by atoms with Gasteiger partial charge in [0.1, 0.15) is 2.88 Å². The van der Waals surface area contributed by atoms with E-state index in [1.165, 1.54) is 11.3 Å². The second-order valence-electron chi connectivity index (χ2n) is 2.34. The third kappa shape index (κ3) is 1.25. The van der Waals surface area contributed by atoms with Gasteiger partial charge in [-0.3, -0.25) is 0 Å². The molecule has 12 heavy (non-hydrogen) atoms. The van der Waals surface area contributed by atoms with Crippen LogP contribution in [0.5, 0.6) is 0 Å². The Labute approximate surface area is 92.3 Å². The highest BCUT2D eigenvalue weighted by atomic mass is 127. The van der Waals surface area contributed by atoms with Crippen LogP contribution < -0.4 is 0 Å². The average molecular weight is 310 g/mol. The van der Waals surface area contributed by atoms with Gasteiger partial charge >= 0.3 is 0 Å². The van der Waals surface area contributed by atoms with Crippen LogP contribution in [0.25, 0.3) is 10.1 Å². The second kappa shape index (κ2) is 3.16. The van der Waals surface area contributed by atoms with Crippen molar-refractivity contribution >= 4 is 56.6 Å². The summed E-state index contributed by atoms with van der Waals surface area (Å²) < 4.78 is 15.0. The molecule has 0 unspecified atom stereocenters. The third-order valence-corrected chi connectivity index (χ3v) is 4.02. The fourth-order valence-electron chi connectivity index (χ4n) is 1.06. The molecular weight excluding hydrogens is 306 g/mol. The van der Waals surface area contributed by atoms with E-state index in [0.29, 0.717) is 13.2 Å². The Hall–Kier alpha value is 0.190. The van der Waals surface area contributed by atoms with Gasteiger partial charge in [-0.25, -0.2) is 4.39 Å². The first-order valence-electron chi connectivity index (χ1n) is 3.25. The van der Waals surface area contributed by atoms with Crippen LogP contribution in [-0.2, 0) is 0 Å². The van der Waals surface area contributed by atoms with E-state index in [-0.39, 0.29) is 5.82 Å². The molecule has 0 bridgehead atoms. The highest BCUT2D eigenvalue weighted by molar-refractivity contribution is 14.1. The van der Waals surface area contributed by atoms with Gasteiger partial charge in [0.25, 0.3) is 0 Å². The van der Waals surface area contributed by atoms with Crippen LogP contribution in [0.3, 0.4) is 0 Å². The summed E-state index contributed by atoms with van der Waals surface area (Å²) in [6.45, 7) is 0. The van der Waals surface area contributed by atoms with Crippen molar-refractivity contribution in [2.24, 2.45) is 0 Å². The monoisotopic (exact) mass is 310 g/mol. The molecule has 0 aliphatic rings. The molecule has 0 atom stereocenters. The Morgan fingerprint density at radius 1 is 1.42 bits per heavy atom. The zero-order valence-corrected chi connectivity index (χ0v) is 9.71. The molecule has 0 nitrogen and oxygen atoms in total. The van der Waals surface area contributed by atoms with Crippen molar-refractivity contribution in [1.82, 2.24) is 0 Å². The molecule has 1 aromatic heterocycles. The molecule has 0 saturated carbocycles. The summed E-state index contributed by atoms with van der Waals surface area (Å²) in [5, 5.41) is 0.648. The Balaban J connectivity index is 2.97. The Kier molecular flexibility index (Phi) is 2.31. The largest absolute Gasteiger partial charge is 0.204 e. The number of thiophene rings is 1. The summed E-state index contributed by atoms with van der Waals surface area (Å²) in [4.78, 5) is 0.712. The molecule has 0 N–H and O–H groups in total. The normalized spacial score (nSPS) is 10.9. The lowest BCUT2D eigenvalue weighted by atomic mass is 10.2. The fraction of sp³-hybridized carbons (Fsp3) is 0. The summed E-state index contributed by atoms with van der Waals surface area (Å²) in [6, 6.07) is 5.60. The number of halogens is 2. The van der Waals surface area contributed by atoms with Crippen molar-refractivity contribution in [2.75, 3.05) is 0 Å². The predicted octanol–water partition coefficient (Wildman–Crippen LogP) is 3.93. The first-order valence-corrected chi connectivity index (χ1v) is 5.60. The lowest BCUT2D eigenvalue weighted by Gasteiger charge is -1.92. The maximum Gasteiger partial charge on any atom is 0.156 e. The van der Waals surface area contributed by atoms with Crippen molar-refractivity contribution in [3.8, 4) is 0 Å². The molecule has 0 radical (unpaired) electrons. The van der Waals surface area contributed by atoms with Gasteiger partial charge in [-0.05, 0) is 34.7 Å². The highest BCUT2D eigenvalue weighted by Gasteiger charge is 2.10. The van der Waals surface area contributed by atoms with Crippen molar-refractivity contribution < 1.29 is 4.39 Å². The van der Waals surface area contributed by atoms with Crippen LogP contribution in [0.2, 0.25) is 0 Å². The van der Waals surface area contributed by atoms with E-state index in [2.05, 4.69) is 12.6 Å². The van der Waals surface area contributed by atoms with Crippen molar-refractivity contribution in [3.05, 3.63) is 26.9 Å². The van der Waals surface area contributed by atoms with E-state index < -0.39 is 0 Å². The zero-order chi connectivity index (χ0) is 8.72. The number of hydrogen-bond donors (Lipinski definition) is 1. The average Bonchev–Trinajstić information content (AvgIpc) is 2.29. The molecule has 0 spiro atoms. The molecule has 2 rings (SSSR count). The van der Waals surface area contributed by atoms with Gasteiger partial charge in [-0.1, -0.05) is 6.07 Å². The minimum absolute atomic E-state index is 0.138. The quantitative estimate of drug-likeness (QED) is 0.553. The first-order chi connectivity index (χ1) is 5.70. The van der Waals surface area contributed by atoms with E-state index in [4.69, 9.17) is 0 Å². The van der Waals surface area contributed by atoms with E-state index >= 15 is 0 Å². The maximum absolute atomic E-state index is 13.4. The van der Waals surface area contributed by atoms with E-state index in [1.807, 2.05) is 34.7 Å². The molecular formula is C8H4FIS2.